The Bertz CT molecular complexity index is 405. The molecule has 0 fully saturated rings. The molecule has 2 N–H and O–H groups in total. The third kappa shape index (κ3) is 4.04. The minimum Gasteiger partial charge on any atom is -0.383 e. The maximum absolute atomic E-state index is 12.5. The number of hydrogen-bond donors (Lipinski definition) is 1. The fourth-order valence-electron chi connectivity index (χ4n) is 1.88. The topological polar surface area (TPSA) is 73.4 Å². The first-order chi connectivity index (χ1) is 9.01. The number of carbonyl (C=O) groups excluding carboxylic acids is 1. The van der Waals surface area contributed by atoms with Gasteiger partial charge in [0.1, 0.15) is 6.04 Å². The summed E-state index contributed by atoms with van der Waals surface area (Å²) in [7, 11) is 3.43. The van der Waals surface area contributed by atoms with Crippen molar-refractivity contribution in [1.82, 2.24) is 14.7 Å². The minimum absolute atomic E-state index is 0.0839. The highest BCUT2D eigenvalue weighted by molar-refractivity contribution is 5.83. The monoisotopic (exact) mass is 268 g/mol. The van der Waals surface area contributed by atoms with Gasteiger partial charge in [-0.05, 0) is 13.3 Å². The zero-order chi connectivity index (χ0) is 14.4. The van der Waals surface area contributed by atoms with E-state index in [-0.39, 0.29) is 11.9 Å². The summed E-state index contributed by atoms with van der Waals surface area (Å²) >= 11 is 0. The lowest BCUT2D eigenvalue weighted by Gasteiger charge is -2.30. The lowest BCUT2D eigenvalue weighted by molar-refractivity contribution is -0.135. The van der Waals surface area contributed by atoms with Crippen molar-refractivity contribution >= 4 is 5.91 Å². The van der Waals surface area contributed by atoms with Gasteiger partial charge in [-0.25, -0.2) is 0 Å². The zero-order valence-corrected chi connectivity index (χ0v) is 12.2. The second-order valence-electron chi connectivity index (χ2n) is 4.71. The highest BCUT2D eigenvalue weighted by Crippen LogP contribution is 2.15. The molecule has 2 unspecified atom stereocenters. The van der Waals surface area contributed by atoms with Gasteiger partial charge in [0.05, 0.1) is 12.8 Å². The molecule has 1 aromatic heterocycles. The quantitative estimate of drug-likeness (QED) is 0.789. The van der Waals surface area contributed by atoms with Gasteiger partial charge in [0.25, 0.3) is 0 Å². The number of carbonyl (C=O) groups is 1. The Morgan fingerprint density at radius 2 is 2.32 bits per heavy atom. The van der Waals surface area contributed by atoms with E-state index >= 15 is 0 Å². The molecule has 0 radical (unpaired) electrons. The van der Waals surface area contributed by atoms with E-state index in [0.717, 1.165) is 12.0 Å². The summed E-state index contributed by atoms with van der Waals surface area (Å²) < 4.78 is 6.70. The fourth-order valence-corrected chi connectivity index (χ4v) is 1.88. The van der Waals surface area contributed by atoms with Crippen molar-refractivity contribution in [1.29, 1.82) is 0 Å². The van der Waals surface area contributed by atoms with Gasteiger partial charge in [0, 0.05) is 38.5 Å². The Morgan fingerprint density at radius 1 is 1.63 bits per heavy atom. The van der Waals surface area contributed by atoms with Crippen LogP contribution in [0.25, 0.3) is 0 Å². The second kappa shape index (κ2) is 7.25. The van der Waals surface area contributed by atoms with Gasteiger partial charge in [0.15, 0.2) is 0 Å². The van der Waals surface area contributed by atoms with E-state index < -0.39 is 6.04 Å². The number of methoxy groups -OCH3 is 1. The number of ether oxygens (including phenoxy) is 1. The SMILES string of the molecule is CCC(C)N(CCOC)C(=O)C(N)c1cnn(C)c1. The first-order valence-corrected chi connectivity index (χ1v) is 6.54. The molecule has 2 atom stereocenters. The van der Waals surface area contributed by atoms with E-state index in [1.165, 1.54) is 0 Å². The Kier molecular flexibility index (Phi) is 5.98. The number of amides is 1. The number of nitrogens with zero attached hydrogens (tertiary/aromatic N) is 3. The van der Waals surface area contributed by atoms with Crippen LogP contribution in [0.3, 0.4) is 0 Å². The predicted octanol–water partition coefficient (Wildman–Crippen LogP) is 0.693. The van der Waals surface area contributed by atoms with E-state index in [2.05, 4.69) is 5.10 Å². The third-order valence-corrected chi connectivity index (χ3v) is 3.29. The van der Waals surface area contributed by atoms with Crippen molar-refractivity contribution in [2.75, 3.05) is 20.3 Å². The van der Waals surface area contributed by atoms with E-state index in [1.807, 2.05) is 13.8 Å². The molecule has 0 bridgehead atoms. The van der Waals surface area contributed by atoms with Gasteiger partial charge in [-0.3, -0.25) is 9.48 Å². The molecule has 0 saturated heterocycles. The number of aromatic nitrogens is 2. The van der Waals surface area contributed by atoms with Crippen LogP contribution in [-0.2, 0) is 16.6 Å². The van der Waals surface area contributed by atoms with Gasteiger partial charge in [0.2, 0.25) is 5.91 Å². The molecule has 6 nitrogen and oxygen atoms in total. The van der Waals surface area contributed by atoms with Crippen LogP contribution in [-0.4, -0.2) is 46.9 Å². The zero-order valence-electron chi connectivity index (χ0n) is 12.2. The summed E-state index contributed by atoms with van der Waals surface area (Å²) in [5.41, 5.74) is 6.77. The second-order valence-corrected chi connectivity index (χ2v) is 4.71. The molecule has 1 amide bonds. The molecular formula is C13H24N4O2. The highest BCUT2D eigenvalue weighted by atomic mass is 16.5. The van der Waals surface area contributed by atoms with Gasteiger partial charge < -0.3 is 15.4 Å². The Labute approximate surface area is 114 Å². The van der Waals surface area contributed by atoms with E-state index in [0.29, 0.717) is 13.2 Å². The van der Waals surface area contributed by atoms with Crippen molar-refractivity contribution in [2.45, 2.75) is 32.4 Å². The maximum Gasteiger partial charge on any atom is 0.244 e. The lowest BCUT2D eigenvalue weighted by Crippen LogP contribution is -2.45. The van der Waals surface area contributed by atoms with Crippen molar-refractivity contribution in [3.8, 4) is 0 Å². The summed E-state index contributed by atoms with van der Waals surface area (Å²) in [6.45, 7) is 5.13. The van der Waals surface area contributed by atoms with Crippen LogP contribution in [0.15, 0.2) is 12.4 Å². The van der Waals surface area contributed by atoms with Gasteiger partial charge in [-0.15, -0.1) is 0 Å². The lowest BCUT2D eigenvalue weighted by atomic mass is 10.1. The molecular weight excluding hydrogens is 244 g/mol. The van der Waals surface area contributed by atoms with Gasteiger partial charge in [-0.2, -0.15) is 5.10 Å². The number of nitrogens with two attached hydrogens (primary N) is 1. The predicted molar refractivity (Wildman–Crippen MR) is 73.5 cm³/mol. The van der Waals surface area contributed by atoms with E-state index in [1.54, 1.807) is 36.1 Å². The van der Waals surface area contributed by atoms with Crippen molar-refractivity contribution in [3.05, 3.63) is 18.0 Å². The molecule has 108 valence electrons. The standard InChI is InChI=1S/C13H24N4O2/c1-5-10(2)17(6-7-19-4)13(18)12(14)11-8-15-16(3)9-11/h8-10,12H,5-7,14H2,1-4H3. The van der Waals surface area contributed by atoms with Crippen LogP contribution < -0.4 is 5.73 Å². The number of hydrogen-bond acceptors (Lipinski definition) is 4. The average Bonchev–Trinajstić information content (AvgIpc) is 2.84. The summed E-state index contributed by atoms with van der Waals surface area (Å²) in [6, 6.07) is -0.523. The van der Waals surface area contributed by atoms with Crippen molar-refractivity contribution in [2.24, 2.45) is 12.8 Å². The average molecular weight is 268 g/mol. The molecule has 1 rings (SSSR count). The summed E-state index contributed by atoms with van der Waals surface area (Å²) in [4.78, 5) is 14.2. The number of rotatable bonds is 7. The minimum atomic E-state index is -0.667. The molecule has 6 heteroatoms. The largest absolute Gasteiger partial charge is 0.383 e. The molecule has 0 aromatic carbocycles. The van der Waals surface area contributed by atoms with Crippen LogP contribution in [0.5, 0.6) is 0 Å². The molecule has 0 saturated carbocycles. The Hall–Kier alpha value is -1.40. The number of aryl methyl sites for hydroxylation is 1. The smallest absolute Gasteiger partial charge is 0.244 e. The molecule has 19 heavy (non-hydrogen) atoms. The fraction of sp³-hybridized carbons (Fsp3) is 0.692. The third-order valence-electron chi connectivity index (χ3n) is 3.29. The van der Waals surface area contributed by atoms with Crippen LogP contribution in [0.4, 0.5) is 0 Å². The maximum atomic E-state index is 12.5. The van der Waals surface area contributed by atoms with E-state index in [4.69, 9.17) is 10.5 Å². The summed E-state index contributed by atoms with van der Waals surface area (Å²) in [5.74, 6) is -0.0839. The summed E-state index contributed by atoms with van der Waals surface area (Å²) in [5, 5.41) is 4.05. The molecule has 0 aliphatic rings. The Morgan fingerprint density at radius 3 is 2.79 bits per heavy atom. The van der Waals surface area contributed by atoms with Gasteiger partial charge in [-0.1, -0.05) is 6.92 Å². The molecule has 0 spiro atoms. The highest BCUT2D eigenvalue weighted by Gasteiger charge is 2.26. The van der Waals surface area contributed by atoms with Crippen molar-refractivity contribution < 1.29 is 9.53 Å². The molecule has 1 heterocycles. The first-order valence-electron chi connectivity index (χ1n) is 6.54. The normalized spacial score (nSPS) is 14.2. The molecule has 0 aliphatic heterocycles. The van der Waals surface area contributed by atoms with Crippen molar-refractivity contribution in [3.63, 3.8) is 0 Å². The van der Waals surface area contributed by atoms with E-state index in [9.17, 15) is 4.79 Å². The molecule has 0 aliphatic carbocycles. The van der Waals surface area contributed by atoms with Crippen LogP contribution in [0.2, 0.25) is 0 Å². The van der Waals surface area contributed by atoms with Crippen LogP contribution in [0.1, 0.15) is 31.9 Å². The molecule has 1 aromatic rings. The van der Waals surface area contributed by atoms with Gasteiger partial charge >= 0.3 is 0 Å². The van der Waals surface area contributed by atoms with Crippen LogP contribution >= 0.6 is 0 Å². The Balaban J connectivity index is 2.80. The summed E-state index contributed by atoms with van der Waals surface area (Å²) in [6.07, 6.45) is 4.29. The van der Waals surface area contributed by atoms with Crippen LogP contribution in [0, 0.1) is 0 Å². The first kappa shape index (κ1) is 15.7.